The Morgan fingerprint density at radius 2 is 2.08 bits per heavy atom. The summed E-state index contributed by atoms with van der Waals surface area (Å²) in [5.74, 6) is 0.293. The van der Waals surface area contributed by atoms with Crippen LogP contribution in [0.2, 0.25) is 0 Å². The van der Waals surface area contributed by atoms with E-state index in [2.05, 4.69) is 15.5 Å². The molecule has 7 heteroatoms. The monoisotopic (exact) mass is 353 g/mol. The minimum atomic E-state index is -0.206. The Bertz CT molecular complexity index is 908. The van der Waals surface area contributed by atoms with Crippen LogP contribution in [0.1, 0.15) is 35.2 Å². The number of rotatable bonds is 4. The molecule has 1 aliphatic rings. The van der Waals surface area contributed by atoms with Crippen LogP contribution in [0.5, 0.6) is 0 Å². The summed E-state index contributed by atoms with van der Waals surface area (Å²) in [7, 11) is 0. The molecule has 1 amide bonds. The maximum atomic E-state index is 13.0. The number of aryl methyl sites for hydroxylation is 1. The summed E-state index contributed by atoms with van der Waals surface area (Å²) < 4.78 is 14.5. The van der Waals surface area contributed by atoms with Crippen molar-refractivity contribution in [3.63, 3.8) is 0 Å². The predicted octanol–water partition coefficient (Wildman–Crippen LogP) is 2.75. The lowest BCUT2D eigenvalue weighted by Crippen LogP contribution is -2.40. The largest absolute Gasteiger partial charge is 0.338 e. The van der Waals surface area contributed by atoms with Gasteiger partial charge in [0.15, 0.2) is 5.65 Å². The van der Waals surface area contributed by atoms with Crippen molar-refractivity contribution in [3.05, 3.63) is 59.5 Å². The number of hydrogen-bond donors (Lipinski definition) is 0. The van der Waals surface area contributed by atoms with Gasteiger partial charge in [-0.25, -0.2) is 8.91 Å². The normalized spacial score (nSPS) is 17.6. The maximum Gasteiger partial charge on any atom is 0.254 e. The summed E-state index contributed by atoms with van der Waals surface area (Å²) >= 11 is 0. The number of halogens is 1. The average Bonchev–Trinajstić information content (AvgIpc) is 3.15. The van der Waals surface area contributed by atoms with Gasteiger partial charge >= 0.3 is 0 Å². The second-order valence-electron chi connectivity index (χ2n) is 6.82. The quantitative estimate of drug-likeness (QED) is 0.723. The topological polar surface area (TPSA) is 63.4 Å². The van der Waals surface area contributed by atoms with E-state index in [4.69, 9.17) is 0 Å². The van der Waals surface area contributed by atoms with Crippen LogP contribution in [-0.4, -0.2) is 43.9 Å². The van der Waals surface area contributed by atoms with Gasteiger partial charge < -0.3 is 4.90 Å². The Morgan fingerprint density at radius 1 is 1.23 bits per heavy atom. The van der Waals surface area contributed by atoms with Gasteiger partial charge in [-0.05, 0) is 71.9 Å². The lowest BCUT2D eigenvalue weighted by molar-refractivity contribution is 0.0668. The second-order valence-corrected chi connectivity index (χ2v) is 6.82. The summed E-state index contributed by atoms with van der Waals surface area (Å²) in [5.41, 5.74) is 2.33. The molecule has 0 aliphatic carbocycles. The van der Waals surface area contributed by atoms with E-state index in [9.17, 15) is 9.18 Å². The molecule has 0 unspecified atom stereocenters. The predicted molar refractivity (Wildman–Crippen MR) is 94.1 cm³/mol. The SMILES string of the molecule is O=C(c1ccn2nnnc2c1)N1CCC[C@H](CCc2ccc(F)cc2)C1. The first kappa shape index (κ1) is 16.6. The fourth-order valence-corrected chi connectivity index (χ4v) is 3.56. The number of fused-ring (bicyclic) bond motifs is 1. The first-order valence-electron chi connectivity index (χ1n) is 8.90. The highest BCUT2D eigenvalue weighted by molar-refractivity contribution is 5.95. The second kappa shape index (κ2) is 7.19. The van der Waals surface area contributed by atoms with Crippen LogP contribution in [0.3, 0.4) is 0 Å². The number of benzene rings is 1. The van der Waals surface area contributed by atoms with Gasteiger partial charge in [0.2, 0.25) is 0 Å². The fraction of sp³-hybridized carbons (Fsp3) is 0.368. The van der Waals surface area contributed by atoms with E-state index in [1.54, 1.807) is 22.8 Å². The molecule has 0 N–H and O–H groups in total. The van der Waals surface area contributed by atoms with E-state index in [0.29, 0.717) is 17.1 Å². The Labute approximate surface area is 150 Å². The van der Waals surface area contributed by atoms with E-state index in [1.165, 1.54) is 12.1 Å². The molecule has 134 valence electrons. The van der Waals surface area contributed by atoms with Crippen LogP contribution in [-0.2, 0) is 6.42 Å². The molecule has 6 nitrogen and oxygen atoms in total. The molecule has 0 spiro atoms. The fourth-order valence-electron chi connectivity index (χ4n) is 3.56. The number of hydrogen-bond acceptors (Lipinski definition) is 4. The van der Waals surface area contributed by atoms with Crippen LogP contribution in [0, 0.1) is 11.7 Å². The molecular formula is C19H20FN5O. The third kappa shape index (κ3) is 3.56. The van der Waals surface area contributed by atoms with Gasteiger partial charge in [0.05, 0.1) is 0 Å². The molecule has 1 atom stereocenters. The number of aromatic nitrogens is 4. The number of nitrogens with zero attached hydrogens (tertiary/aromatic N) is 5. The van der Waals surface area contributed by atoms with Crippen molar-refractivity contribution >= 4 is 11.6 Å². The number of amides is 1. The van der Waals surface area contributed by atoms with Crippen LogP contribution >= 0.6 is 0 Å². The first-order valence-corrected chi connectivity index (χ1v) is 8.90. The highest BCUT2D eigenvalue weighted by Crippen LogP contribution is 2.23. The van der Waals surface area contributed by atoms with E-state index >= 15 is 0 Å². The van der Waals surface area contributed by atoms with Crippen molar-refractivity contribution in [2.75, 3.05) is 13.1 Å². The molecule has 1 fully saturated rings. The molecule has 3 heterocycles. The molecule has 1 saturated heterocycles. The van der Waals surface area contributed by atoms with Crippen LogP contribution in [0.4, 0.5) is 4.39 Å². The number of carbonyl (C=O) groups is 1. The van der Waals surface area contributed by atoms with Crippen molar-refractivity contribution in [1.82, 2.24) is 24.9 Å². The zero-order valence-electron chi connectivity index (χ0n) is 14.4. The van der Waals surface area contributed by atoms with Gasteiger partial charge in [-0.3, -0.25) is 4.79 Å². The number of piperidine rings is 1. The van der Waals surface area contributed by atoms with Gasteiger partial charge in [-0.2, -0.15) is 0 Å². The van der Waals surface area contributed by atoms with Crippen molar-refractivity contribution in [3.8, 4) is 0 Å². The van der Waals surface area contributed by atoms with Gasteiger partial charge in [-0.15, -0.1) is 5.10 Å². The highest BCUT2D eigenvalue weighted by Gasteiger charge is 2.24. The van der Waals surface area contributed by atoms with Gasteiger partial charge in [0.25, 0.3) is 5.91 Å². The lowest BCUT2D eigenvalue weighted by atomic mass is 9.91. The van der Waals surface area contributed by atoms with E-state index in [0.717, 1.165) is 44.3 Å². The summed E-state index contributed by atoms with van der Waals surface area (Å²) in [6.45, 7) is 1.54. The zero-order chi connectivity index (χ0) is 17.9. The molecule has 4 rings (SSSR count). The average molecular weight is 353 g/mol. The summed E-state index contributed by atoms with van der Waals surface area (Å²) in [5, 5.41) is 11.3. The Morgan fingerprint density at radius 3 is 2.92 bits per heavy atom. The maximum absolute atomic E-state index is 13.0. The van der Waals surface area contributed by atoms with Crippen LogP contribution in [0.15, 0.2) is 42.6 Å². The van der Waals surface area contributed by atoms with E-state index in [1.807, 2.05) is 17.0 Å². The first-order chi connectivity index (χ1) is 12.7. The third-order valence-electron chi connectivity index (χ3n) is 5.01. The number of pyridine rings is 1. The summed E-state index contributed by atoms with van der Waals surface area (Å²) in [4.78, 5) is 14.8. The summed E-state index contributed by atoms with van der Waals surface area (Å²) in [6.07, 6.45) is 5.75. The third-order valence-corrected chi connectivity index (χ3v) is 5.01. The van der Waals surface area contributed by atoms with Crippen molar-refractivity contribution < 1.29 is 9.18 Å². The Balaban J connectivity index is 1.39. The molecule has 0 bridgehead atoms. The molecule has 26 heavy (non-hydrogen) atoms. The molecule has 0 saturated carbocycles. The molecule has 1 aromatic carbocycles. The minimum absolute atomic E-state index is 0.0296. The standard InChI is InChI=1S/C19H20FN5O/c20-17-7-5-14(6-8-17)3-4-15-2-1-10-24(13-15)19(26)16-9-11-25-18(12-16)21-22-23-25/h5-9,11-12,15H,1-4,10,13H2/t15-/m1/s1. The molecule has 0 radical (unpaired) electrons. The molecular weight excluding hydrogens is 333 g/mol. The van der Waals surface area contributed by atoms with Crippen LogP contribution < -0.4 is 0 Å². The number of carbonyl (C=O) groups excluding carboxylic acids is 1. The highest BCUT2D eigenvalue weighted by atomic mass is 19.1. The van der Waals surface area contributed by atoms with Gasteiger partial charge in [0, 0.05) is 24.8 Å². The smallest absolute Gasteiger partial charge is 0.254 e. The van der Waals surface area contributed by atoms with Gasteiger partial charge in [-0.1, -0.05) is 12.1 Å². The lowest BCUT2D eigenvalue weighted by Gasteiger charge is -2.33. The Kier molecular flexibility index (Phi) is 4.60. The van der Waals surface area contributed by atoms with Crippen molar-refractivity contribution in [2.24, 2.45) is 5.92 Å². The summed E-state index contributed by atoms with van der Waals surface area (Å²) in [6, 6.07) is 10.2. The minimum Gasteiger partial charge on any atom is -0.338 e. The number of likely N-dealkylation sites (tertiary alicyclic amines) is 1. The molecule has 1 aliphatic heterocycles. The van der Waals surface area contributed by atoms with Crippen molar-refractivity contribution in [1.29, 1.82) is 0 Å². The number of tetrazole rings is 1. The van der Waals surface area contributed by atoms with Gasteiger partial charge in [0.1, 0.15) is 5.82 Å². The zero-order valence-corrected chi connectivity index (χ0v) is 14.4. The van der Waals surface area contributed by atoms with Crippen LogP contribution in [0.25, 0.3) is 5.65 Å². The Hall–Kier alpha value is -2.83. The van der Waals surface area contributed by atoms with E-state index in [-0.39, 0.29) is 11.7 Å². The molecule has 3 aromatic rings. The van der Waals surface area contributed by atoms with E-state index < -0.39 is 0 Å². The molecule has 2 aromatic heterocycles. The van der Waals surface area contributed by atoms with Crippen molar-refractivity contribution in [2.45, 2.75) is 25.7 Å².